The molecular weight excluding hydrogens is 398 g/mol. The Kier molecular flexibility index (Phi) is 5.25. The molecule has 2 aromatic heterocycles. The number of rotatable bonds is 4. The molecule has 7 nitrogen and oxygen atoms in total. The Bertz CT molecular complexity index is 945. The molecule has 0 bridgehead atoms. The molecule has 156 valence electrons. The van der Waals surface area contributed by atoms with Gasteiger partial charge in [-0.05, 0) is 30.4 Å². The maximum absolute atomic E-state index is 13.5. The second-order valence-corrected chi connectivity index (χ2v) is 8.94. The van der Waals surface area contributed by atoms with Crippen molar-refractivity contribution in [3.05, 3.63) is 46.5 Å². The van der Waals surface area contributed by atoms with E-state index in [1.807, 2.05) is 17.5 Å². The molecule has 0 unspecified atom stereocenters. The molecule has 1 aliphatic carbocycles. The van der Waals surface area contributed by atoms with Crippen LogP contribution in [0.3, 0.4) is 0 Å². The van der Waals surface area contributed by atoms with Crippen LogP contribution in [-0.4, -0.2) is 63.8 Å². The summed E-state index contributed by atoms with van der Waals surface area (Å²) in [6.07, 6.45) is 8.68. The third-order valence-electron chi connectivity index (χ3n) is 6.23. The van der Waals surface area contributed by atoms with E-state index < -0.39 is 0 Å². The summed E-state index contributed by atoms with van der Waals surface area (Å²) in [6.45, 7) is 2.77. The van der Waals surface area contributed by atoms with Crippen molar-refractivity contribution in [2.75, 3.05) is 31.1 Å². The largest absolute Gasteiger partial charge is 0.363 e. The van der Waals surface area contributed by atoms with Gasteiger partial charge < -0.3 is 9.80 Å². The van der Waals surface area contributed by atoms with Crippen LogP contribution in [0.25, 0.3) is 5.57 Å². The fourth-order valence-corrected chi connectivity index (χ4v) is 5.49. The van der Waals surface area contributed by atoms with Gasteiger partial charge in [-0.15, -0.1) is 11.3 Å². The average molecular weight is 424 g/mol. The van der Waals surface area contributed by atoms with E-state index >= 15 is 0 Å². The first-order chi connectivity index (χ1) is 14.7. The van der Waals surface area contributed by atoms with Crippen molar-refractivity contribution in [3.8, 4) is 0 Å². The van der Waals surface area contributed by atoms with Crippen molar-refractivity contribution in [2.45, 2.75) is 38.1 Å². The van der Waals surface area contributed by atoms with E-state index in [1.165, 1.54) is 17.8 Å². The molecular formula is C22H25N5O2S. The molecule has 2 aromatic rings. The lowest BCUT2D eigenvalue weighted by atomic mass is 9.94. The number of piperazine rings is 1. The normalized spacial score (nSPS) is 21.1. The van der Waals surface area contributed by atoms with E-state index in [-0.39, 0.29) is 17.9 Å². The molecule has 4 heterocycles. The number of nitrogens with zero attached hydrogens (tertiary/aromatic N) is 5. The van der Waals surface area contributed by atoms with Crippen molar-refractivity contribution in [3.63, 3.8) is 0 Å². The quantitative estimate of drug-likeness (QED) is 0.705. The summed E-state index contributed by atoms with van der Waals surface area (Å²) in [5.74, 6) is 0.486. The molecule has 2 amide bonds. The van der Waals surface area contributed by atoms with E-state index in [0.29, 0.717) is 30.3 Å². The Labute approximate surface area is 180 Å². The number of carbonyl (C=O) groups is 2. The van der Waals surface area contributed by atoms with Crippen LogP contribution in [0.2, 0.25) is 0 Å². The minimum atomic E-state index is -0.113. The Hall–Kier alpha value is -2.74. The lowest BCUT2D eigenvalue weighted by Crippen LogP contribution is -2.49. The Morgan fingerprint density at radius 3 is 2.23 bits per heavy atom. The van der Waals surface area contributed by atoms with Crippen molar-refractivity contribution in [2.24, 2.45) is 0 Å². The maximum Gasteiger partial charge on any atom is 0.278 e. The smallest absolute Gasteiger partial charge is 0.278 e. The van der Waals surface area contributed by atoms with E-state index in [0.717, 1.165) is 43.6 Å². The molecule has 3 aliphatic rings. The first-order valence-electron chi connectivity index (χ1n) is 10.7. The summed E-state index contributed by atoms with van der Waals surface area (Å²) in [7, 11) is 0. The fourth-order valence-electron chi connectivity index (χ4n) is 4.73. The van der Waals surface area contributed by atoms with Crippen LogP contribution >= 0.6 is 11.3 Å². The maximum atomic E-state index is 13.5. The van der Waals surface area contributed by atoms with Crippen LogP contribution in [0.1, 0.15) is 37.0 Å². The van der Waals surface area contributed by atoms with E-state index in [4.69, 9.17) is 0 Å². The highest BCUT2D eigenvalue weighted by atomic mass is 32.1. The monoisotopic (exact) mass is 423 g/mol. The minimum absolute atomic E-state index is 0.0326. The molecule has 0 N–H and O–H groups in total. The van der Waals surface area contributed by atoms with Crippen LogP contribution < -0.4 is 4.90 Å². The van der Waals surface area contributed by atoms with Gasteiger partial charge in [0.15, 0.2) is 0 Å². The predicted octanol–water partition coefficient (Wildman–Crippen LogP) is 2.77. The zero-order chi connectivity index (χ0) is 20.5. The van der Waals surface area contributed by atoms with Crippen molar-refractivity contribution < 1.29 is 9.59 Å². The van der Waals surface area contributed by atoms with Crippen molar-refractivity contribution >= 4 is 34.7 Å². The summed E-state index contributed by atoms with van der Waals surface area (Å²) >= 11 is 1.53. The van der Waals surface area contributed by atoms with Crippen LogP contribution in [0.5, 0.6) is 0 Å². The van der Waals surface area contributed by atoms with Gasteiger partial charge in [-0.2, -0.15) is 0 Å². The summed E-state index contributed by atoms with van der Waals surface area (Å²) in [5.41, 5.74) is 1.17. The molecule has 2 aliphatic heterocycles. The molecule has 8 heteroatoms. The third-order valence-corrected chi connectivity index (χ3v) is 7.12. The summed E-state index contributed by atoms with van der Waals surface area (Å²) in [5, 5.41) is 1.96. The lowest BCUT2D eigenvalue weighted by molar-refractivity contribution is -0.141. The molecule has 0 atom stereocenters. The molecule has 0 aromatic carbocycles. The van der Waals surface area contributed by atoms with Gasteiger partial charge in [0.25, 0.3) is 11.8 Å². The van der Waals surface area contributed by atoms with Gasteiger partial charge in [0.1, 0.15) is 5.70 Å². The minimum Gasteiger partial charge on any atom is -0.363 e. The van der Waals surface area contributed by atoms with Gasteiger partial charge in [0.2, 0.25) is 5.95 Å². The topological polar surface area (TPSA) is 69.6 Å². The summed E-state index contributed by atoms with van der Waals surface area (Å²) < 4.78 is 0. The Morgan fingerprint density at radius 1 is 0.867 bits per heavy atom. The Balaban J connectivity index is 1.42. The number of anilines is 1. The van der Waals surface area contributed by atoms with Crippen LogP contribution in [0, 0.1) is 0 Å². The zero-order valence-electron chi connectivity index (χ0n) is 16.9. The predicted molar refractivity (Wildman–Crippen MR) is 116 cm³/mol. The van der Waals surface area contributed by atoms with Crippen molar-refractivity contribution in [1.29, 1.82) is 0 Å². The zero-order valence-corrected chi connectivity index (χ0v) is 17.7. The van der Waals surface area contributed by atoms with E-state index in [2.05, 4.69) is 19.8 Å². The molecule has 0 spiro atoms. The number of carbonyl (C=O) groups excluding carboxylic acids is 2. The SMILES string of the molecule is O=C1C(c2cccs2)=C(N2CCN(c3ncccn3)CC2)C(=O)N1C1CCCCC1. The highest BCUT2D eigenvalue weighted by Crippen LogP contribution is 2.37. The summed E-state index contributed by atoms with van der Waals surface area (Å²) in [6, 6.07) is 5.73. The van der Waals surface area contributed by atoms with E-state index in [1.54, 1.807) is 23.4 Å². The van der Waals surface area contributed by atoms with Crippen LogP contribution in [0.4, 0.5) is 5.95 Å². The molecule has 1 saturated heterocycles. The lowest BCUT2D eigenvalue weighted by Gasteiger charge is -2.37. The highest BCUT2D eigenvalue weighted by molar-refractivity contribution is 7.11. The first kappa shape index (κ1) is 19.2. The number of hydrogen-bond donors (Lipinski definition) is 0. The molecule has 0 radical (unpaired) electrons. The fraction of sp³-hybridized carbons (Fsp3) is 0.455. The van der Waals surface area contributed by atoms with E-state index in [9.17, 15) is 9.59 Å². The second kappa shape index (κ2) is 8.18. The average Bonchev–Trinajstić information content (AvgIpc) is 3.41. The first-order valence-corrected chi connectivity index (χ1v) is 11.5. The molecule has 2 fully saturated rings. The number of hydrogen-bond acceptors (Lipinski definition) is 7. The standard InChI is InChI=1S/C22H25N5O2S/c28-20-18(17-8-4-15-30-17)19(21(29)27(20)16-6-2-1-3-7-16)25-11-13-26(14-12-25)22-23-9-5-10-24-22/h4-5,8-10,15-16H,1-3,6-7,11-14H2. The molecule has 30 heavy (non-hydrogen) atoms. The Morgan fingerprint density at radius 2 is 1.57 bits per heavy atom. The van der Waals surface area contributed by atoms with Gasteiger partial charge >= 0.3 is 0 Å². The van der Waals surface area contributed by atoms with Gasteiger partial charge in [0.05, 0.1) is 5.57 Å². The third kappa shape index (κ3) is 3.39. The van der Waals surface area contributed by atoms with Gasteiger partial charge in [0, 0.05) is 49.5 Å². The van der Waals surface area contributed by atoms with Crippen molar-refractivity contribution in [1.82, 2.24) is 19.8 Å². The summed E-state index contributed by atoms with van der Waals surface area (Å²) in [4.78, 5) is 42.3. The van der Waals surface area contributed by atoms with Gasteiger partial charge in [-0.3, -0.25) is 14.5 Å². The number of amides is 2. The molecule has 1 saturated carbocycles. The number of imide groups is 1. The molecule has 5 rings (SSSR count). The number of thiophene rings is 1. The van der Waals surface area contributed by atoms with Crippen LogP contribution in [-0.2, 0) is 9.59 Å². The second-order valence-electron chi connectivity index (χ2n) is 8.00. The highest BCUT2D eigenvalue weighted by Gasteiger charge is 2.45. The van der Waals surface area contributed by atoms with Gasteiger partial charge in [-0.1, -0.05) is 25.3 Å². The van der Waals surface area contributed by atoms with Crippen LogP contribution in [0.15, 0.2) is 41.7 Å². The number of aromatic nitrogens is 2. The van der Waals surface area contributed by atoms with Gasteiger partial charge in [-0.25, -0.2) is 9.97 Å².